The van der Waals surface area contributed by atoms with E-state index in [0.717, 1.165) is 11.3 Å². The summed E-state index contributed by atoms with van der Waals surface area (Å²) in [6, 6.07) is 11.2. The van der Waals surface area contributed by atoms with E-state index in [1.54, 1.807) is 7.11 Å². The lowest BCUT2D eigenvalue weighted by Gasteiger charge is -2.15. The van der Waals surface area contributed by atoms with Gasteiger partial charge in [0.15, 0.2) is 0 Å². The second-order valence-electron chi connectivity index (χ2n) is 4.59. The first-order chi connectivity index (χ1) is 10.0. The van der Waals surface area contributed by atoms with E-state index in [9.17, 15) is 9.18 Å². The summed E-state index contributed by atoms with van der Waals surface area (Å²) in [7, 11) is 1.60. The Hall–Kier alpha value is -1.88. The second kappa shape index (κ2) is 6.72. The SMILES string of the molecule is COc1ccc(C(C)NC(=O)c2cc(F)ccc2Br)cc1. The molecule has 0 aliphatic carbocycles. The third kappa shape index (κ3) is 3.82. The van der Waals surface area contributed by atoms with Gasteiger partial charge in [0.25, 0.3) is 5.91 Å². The fourth-order valence-electron chi connectivity index (χ4n) is 1.92. The van der Waals surface area contributed by atoms with Crippen LogP contribution in [-0.4, -0.2) is 13.0 Å². The van der Waals surface area contributed by atoms with E-state index in [1.165, 1.54) is 18.2 Å². The van der Waals surface area contributed by atoms with Crippen molar-refractivity contribution in [1.29, 1.82) is 0 Å². The lowest BCUT2D eigenvalue weighted by Crippen LogP contribution is -2.27. The first kappa shape index (κ1) is 15.5. The molecule has 0 aliphatic rings. The molecule has 1 N–H and O–H groups in total. The first-order valence-corrected chi connectivity index (χ1v) is 7.20. The lowest BCUT2D eigenvalue weighted by molar-refractivity contribution is 0.0938. The van der Waals surface area contributed by atoms with Gasteiger partial charge in [-0.15, -0.1) is 0 Å². The van der Waals surface area contributed by atoms with Crippen molar-refractivity contribution < 1.29 is 13.9 Å². The molecule has 1 unspecified atom stereocenters. The minimum absolute atomic E-state index is 0.196. The van der Waals surface area contributed by atoms with Gasteiger partial charge in [0.2, 0.25) is 0 Å². The molecule has 0 fully saturated rings. The van der Waals surface area contributed by atoms with E-state index in [4.69, 9.17) is 4.74 Å². The maximum absolute atomic E-state index is 13.2. The summed E-state index contributed by atoms with van der Waals surface area (Å²) in [6.45, 7) is 1.87. The van der Waals surface area contributed by atoms with Gasteiger partial charge in [-0.25, -0.2) is 4.39 Å². The van der Waals surface area contributed by atoms with E-state index in [2.05, 4.69) is 21.2 Å². The summed E-state index contributed by atoms with van der Waals surface area (Å²) >= 11 is 3.25. The quantitative estimate of drug-likeness (QED) is 0.900. The molecule has 0 spiro atoms. The number of benzene rings is 2. The van der Waals surface area contributed by atoms with Crippen LogP contribution in [0.3, 0.4) is 0 Å². The van der Waals surface area contributed by atoms with Gasteiger partial charge in [0, 0.05) is 4.47 Å². The smallest absolute Gasteiger partial charge is 0.253 e. The Morgan fingerprint density at radius 3 is 2.52 bits per heavy atom. The molecule has 0 radical (unpaired) electrons. The van der Waals surface area contributed by atoms with Gasteiger partial charge in [0.1, 0.15) is 11.6 Å². The van der Waals surface area contributed by atoms with Crippen LogP contribution in [0.4, 0.5) is 4.39 Å². The Kier molecular flexibility index (Phi) is 4.96. The summed E-state index contributed by atoms with van der Waals surface area (Å²) in [5.74, 6) is -0.0182. The van der Waals surface area contributed by atoms with E-state index >= 15 is 0 Å². The Balaban J connectivity index is 2.12. The molecule has 2 aromatic rings. The Labute approximate surface area is 131 Å². The molecule has 0 bridgehead atoms. The molecule has 0 heterocycles. The maximum Gasteiger partial charge on any atom is 0.253 e. The van der Waals surface area contributed by atoms with Crippen molar-refractivity contribution in [3.05, 3.63) is 63.9 Å². The number of carbonyl (C=O) groups is 1. The number of nitrogens with one attached hydrogen (secondary N) is 1. The minimum atomic E-state index is -0.444. The van der Waals surface area contributed by atoms with Gasteiger partial charge in [-0.2, -0.15) is 0 Å². The van der Waals surface area contributed by atoms with E-state index in [-0.39, 0.29) is 17.5 Å². The van der Waals surface area contributed by atoms with Crippen molar-refractivity contribution >= 4 is 21.8 Å². The summed E-state index contributed by atoms with van der Waals surface area (Å²) in [5.41, 5.74) is 1.21. The predicted octanol–water partition coefficient (Wildman–Crippen LogP) is 4.09. The van der Waals surface area contributed by atoms with Crippen LogP contribution in [0.1, 0.15) is 28.9 Å². The standard InChI is InChI=1S/C16H15BrFNO2/c1-10(11-3-6-13(21-2)7-4-11)19-16(20)14-9-12(18)5-8-15(14)17/h3-10H,1-2H3,(H,19,20). The Morgan fingerprint density at radius 2 is 1.90 bits per heavy atom. The first-order valence-electron chi connectivity index (χ1n) is 6.41. The average molecular weight is 352 g/mol. The molecule has 3 nitrogen and oxygen atoms in total. The molecule has 2 aromatic carbocycles. The number of hydrogen-bond donors (Lipinski definition) is 1. The van der Waals surface area contributed by atoms with Crippen molar-refractivity contribution in [1.82, 2.24) is 5.32 Å². The molecule has 1 amide bonds. The fraction of sp³-hybridized carbons (Fsp3) is 0.188. The van der Waals surface area contributed by atoms with Crippen molar-refractivity contribution in [2.24, 2.45) is 0 Å². The average Bonchev–Trinajstić information content (AvgIpc) is 2.49. The van der Waals surface area contributed by atoms with Gasteiger partial charge in [-0.1, -0.05) is 12.1 Å². The van der Waals surface area contributed by atoms with Crippen LogP contribution in [0.5, 0.6) is 5.75 Å². The molecular formula is C16H15BrFNO2. The van der Waals surface area contributed by atoms with Crippen LogP contribution in [-0.2, 0) is 0 Å². The van der Waals surface area contributed by atoms with E-state index in [1.807, 2.05) is 31.2 Å². The summed E-state index contributed by atoms with van der Waals surface area (Å²) < 4.78 is 18.9. The van der Waals surface area contributed by atoms with Gasteiger partial charge in [-0.3, -0.25) is 4.79 Å². The maximum atomic E-state index is 13.2. The zero-order valence-electron chi connectivity index (χ0n) is 11.7. The summed E-state index contributed by atoms with van der Waals surface area (Å²) in [4.78, 5) is 12.2. The van der Waals surface area contributed by atoms with E-state index < -0.39 is 5.82 Å². The van der Waals surface area contributed by atoms with Crippen molar-refractivity contribution in [3.63, 3.8) is 0 Å². The molecule has 1 atom stereocenters. The van der Waals surface area contributed by atoms with E-state index in [0.29, 0.717) is 4.47 Å². The van der Waals surface area contributed by atoms with Crippen molar-refractivity contribution in [2.75, 3.05) is 7.11 Å². The Morgan fingerprint density at radius 1 is 1.24 bits per heavy atom. The molecule has 0 saturated heterocycles. The number of halogens is 2. The van der Waals surface area contributed by atoms with Crippen LogP contribution in [0.2, 0.25) is 0 Å². The highest BCUT2D eigenvalue weighted by Crippen LogP contribution is 2.21. The highest BCUT2D eigenvalue weighted by atomic mass is 79.9. The molecule has 0 aliphatic heterocycles. The third-order valence-electron chi connectivity index (χ3n) is 3.14. The monoisotopic (exact) mass is 351 g/mol. The normalized spacial score (nSPS) is 11.8. The number of carbonyl (C=O) groups excluding carboxylic acids is 1. The molecule has 110 valence electrons. The van der Waals surface area contributed by atoms with Gasteiger partial charge in [-0.05, 0) is 58.7 Å². The lowest BCUT2D eigenvalue weighted by atomic mass is 10.1. The molecule has 0 saturated carbocycles. The topological polar surface area (TPSA) is 38.3 Å². The minimum Gasteiger partial charge on any atom is -0.497 e. The fourth-order valence-corrected chi connectivity index (χ4v) is 2.35. The van der Waals surface area contributed by atoms with Crippen LogP contribution >= 0.6 is 15.9 Å². The van der Waals surface area contributed by atoms with Crippen molar-refractivity contribution in [3.8, 4) is 5.75 Å². The number of methoxy groups -OCH3 is 1. The number of hydrogen-bond acceptors (Lipinski definition) is 2. The summed E-state index contributed by atoms with van der Waals surface area (Å²) in [5, 5.41) is 2.84. The predicted molar refractivity (Wildman–Crippen MR) is 83.0 cm³/mol. The van der Waals surface area contributed by atoms with Crippen LogP contribution in [0.15, 0.2) is 46.9 Å². The number of amides is 1. The zero-order valence-corrected chi connectivity index (χ0v) is 13.3. The largest absolute Gasteiger partial charge is 0.497 e. The highest BCUT2D eigenvalue weighted by Gasteiger charge is 2.14. The Bertz CT molecular complexity index is 643. The van der Waals surface area contributed by atoms with Gasteiger partial charge >= 0.3 is 0 Å². The van der Waals surface area contributed by atoms with Gasteiger partial charge in [0.05, 0.1) is 18.7 Å². The van der Waals surface area contributed by atoms with Crippen LogP contribution in [0, 0.1) is 5.82 Å². The van der Waals surface area contributed by atoms with Crippen molar-refractivity contribution in [2.45, 2.75) is 13.0 Å². The third-order valence-corrected chi connectivity index (χ3v) is 3.83. The number of rotatable bonds is 4. The molecule has 2 rings (SSSR count). The second-order valence-corrected chi connectivity index (χ2v) is 5.45. The van der Waals surface area contributed by atoms with Crippen LogP contribution < -0.4 is 10.1 Å². The summed E-state index contributed by atoms with van der Waals surface area (Å²) in [6.07, 6.45) is 0. The number of ether oxygens (including phenoxy) is 1. The molecule has 5 heteroatoms. The van der Waals surface area contributed by atoms with Crippen LogP contribution in [0.25, 0.3) is 0 Å². The van der Waals surface area contributed by atoms with Gasteiger partial charge < -0.3 is 10.1 Å². The molecule has 21 heavy (non-hydrogen) atoms. The highest BCUT2D eigenvalue weighted by molar-refractivity contribution is 9.10. The zero-order chi connectivity index (χ0) is 15.4. The molecule has 0 aromatic heterocycles. The molecular weight excluding hydrogens is 337 g/mol.